The Morgan fingerprint density at radius 2 is 1.86 bits per heavy atom. The van der Waals surface area contributed by atoms with Gasteiger partial charge in [-0.2, -0.15) is 0 Å². The number of aromatic nitrogens is 1. The molecule has 0 spiro atoms. The summed E-state index contributed by atoms with van der Waals surface area (Å²) in [6, 6.07) is 0. The standard InChI is InChI=1S/C17H29N3OS/c1-14-15(2)22-17(19-14)8-10-18-16(21)9-13-20-11-6-4-3-5-7-12-20/h3-13H2,1-2H3,(H,18,21). The van der Waals surface area contributed by atoms with Crippen molar-refractivity contribution in [1.29, 1.82) is 0 Å². The summed E-state index contributed by atoms with van der Waals surface area (Å²) in [5, 5.41) is 4.15. The highest BCUT2D eigenvalue weighted by Crippen LogP contribution is 2.16. The molecule has 124 valence electrons. The van der Waals surface area contributed by atoms with Crippen molar-refractivity contribution in [3.8, 4) is 0 Å². The lowest BCUT2D eigenvalue weighted by Crippen LogP contribution is -2.33. The number of amides is 1. The highest BCUT2D eigenvalue weighted by Gasteiger charge is 2.10. The van der Waals surface area contributed by atoms with Crippen molar-refractivity contribution in [2.75, 3.05) is 26.2 Å². The third kappa shape index (κ3) is 6.05. The number of aryl methyl sites for hydroxylation is 2. The monoisotopic (exact) mass is 323 g/mol. The van der Waals surface area contributed by atoms with E-state index in [9.17, 15) is 4.79 Å². The normalized spacial score (nSPS) is 17.0. The van der Waals surface area contributed by atoms with E-state index in [4.69, 9.17) is 0 Å². The molecule has 2 heterocycles. The molecule has 0 radical (unpaired) electrons. The van der Waals surface area contributed by atoms with Gasteiger partial charge in [0.15, 0.2) is 0 Å². The summed E-state index contributed by atoms with van der Waals surface area (Å²) in [7, 11) is 0. The molecule has 1 aromatic rings. The molecule has 0 aromatic carbocycles. The average Bonchev–Trinajstić information content (AvgIpc) is 2.76. The third-order valence-electron chi connectivity index (χ3n) is 4.34. The number of rotatable bonds is 6. The Hall–Kier alpha value is -0.940. The van der Waals surface area contributed by atoms with E-state index in [-0.39, 0.29) is 5.91 Å². The van der Waals surface area contributed by atoms with Crippen LogP contribution in [0.3, 0.4) is 0 Å². The minimum atomic E-state index is 0.173. The molecule has 0 bridgehead atoms. The Morgan fingerprint density at radius 3 is 2.50 bits per heavy atom. The molecular formula is C17H29N3OS. The minimum absolute atomic E-state index is 0.173. The fourth-order valence-electron chi connectivity index (χ4n) is 2.84. The van der Waals surface area contributed by atoms with Crippen LogP contribution in [0.2, 0.25) is 0 Å². The summed E-state index contributed by atoms with van der Waals surface area (Å²) in [6.45, 7) is 8.05. The second-order valence-electron chi connectivity index (χ2n) is 6.21. The quantitative estimate of drug-likeness (QED) is 0.875. The molecule has 22 heavy (non-hydrogen) atoms. The van der Waals surface area contributed by atoms with E-state index in [2.05, 4.69) is 22.1 Å². The highest BCUT2D eigenvalue weighted by atomic mass is 32.1. The van der Waals surface area contributed by atoms with Crippen LogP contribution in [0.4, 0.5) is 0 Å². The molecule has 1 aromatic heterocycles. The number of nitrogens with one attached hydrogen (secondary N) is 1. The maximum absolute atomic E-state index is 11.9. The predicted octanol–water partition coefficient (Wildman–Crippen LogP) is 3.07. The zero-order valence-corrected chi connectivity index (χ0v) is 14.8. The van der Waals surface area contributed by atoms with Gasteiger partial charge in [-0.1, -0.05) is 19.3 Å². The molecule has 1 aliphatic rings. The number of nitrogens with zero attached hydrogens (tertiary/aromatic N) is 2. The van der Waals surface area contributed by atoms with Gasteiger partial charge in [-0.25, -0.2) is 4.98 Å². The van der Waals surface area contributed by atoms with E-state index in [0.717, 1.165) is 36.8 Å². The van der Waals surface area contributed by atoms with Gasteiger partial charge in [0, 0.05) is 30.8 Å². The van der Waals surface area contributed by atoms with Crippen molar-refractivity contribution in [3.05, 3.63) is 15.6 Å². The van der Waals surface area contributed by atoms with E-state index >= 15 is 0 Å². The zero-order chi connectivity index (χ0) is 15.8. The van der Waals surface area contributed by atoms with Gasteiger partial charge in [0.25, 0.3) is 0 Å². The number of carbonyl (C=O) groups is 1. The van der Waals surface area contributed by atoms with Gasteiger partial charge in [0.2, 0.25) is 5.91 Å². The first-order valence-electron chi connectivity index (χ1n) is 8.57. The Balaban J connectivity index is 1.60. The van der Waals surface area contributed by atoms with Gasteiger partial charge in [0.1, 0.15) is 0 Å². The van der Waals surface area contributed by atoms with Crippen molar-refractivity contribution >= 4 is 17.2 Å². The molecule has 4 nitrogen and oxygen atoms in total. The first-order chi connectivity index (χ1) is 10.6. The summed E-state index contributed by atoms with van der Waals surface area (Å²) in [5.41, 5.74) is 1.11. The lowest BCUT2D eigenvalue weighted by atomic mass is 10.1. The van der Waals surface area contributed by atoms with E-state index in [1.54, 1.807) is 11.3 Å². The summed E-state index contributed by atoms with van der Waals surface area (Å²) >= 11 is 1.74. The fraction of sp³-hybridized carbons (Fsp3) is 0.765. The van der Waals surface area contributed by atoms with Gasteiger partial charge in [0.05, 0.1) is 10.7 Å². The number of hydrogen-bond acceptors (Lipinski definition) is 4. The Kier molecular flexibility index (Phi) is 7.33. The Bertz CT molecular complexity index is 445. The van der Waals surface area contributed by atoms with Gasteiger partial charge in [-0.05, 0) is 39.8 Å². The third-order valence-corrected chi connectivity index (χ3v) is 5.47. The van der Waals surface area contributed by atoms with Gasteiger partial charge in [-0.15, -0.1) is 11.3 Å². The zero-order valence-electron chi connectivity index (χ0n) is 14.0. The number of carbonyl (C=O) groups excluding carboxylic acids is 1. The topological polar surface area (TPSA) is 45.2 Å². The van der Waals surface area contributed by atoms with Crippen LogP contribution in [0.5, 0.6) is 0 Å². The molecule has 1 aliphatic heterocycles. The largest absolute Gasteiger partial charge is 0.356 e. The molecule has 1 amide bonds. The van der Waals surface area contributed by atoms with E-state index in [1.807, 2.05) is 6.92 Å². The number of likely N-dealkylation sites (tertiary alicyclic amines) is 1. The molecule has 0 unspecified atom stereocenters. The van der Waals surface area contributed by atoms with Gasteiger partial charge < -0.3 is 10.2 Å². The second-order valence-corrected chi connectivity index (χ2v) is 7.50. The first kappa shape index (κ1) is 17.4. The number of hydrogen-bond donors (Lipinski definition) is 1. The SMILES string of the molecule is Cc1nc(CCNC(=O)CCN2CCCCCCC2)sc1C. The highest BCUT2D eigenvalue weighted by molar-refractivity contribution is 7.11. The maximum atomic E-state index is 11.9. The molecular weight excluding hydrogens is 294 g/mol. The van der Waals surface area contributed by atoms with Crippen LogP contribution < -0.4 is 5.32 Å². The van der Waals surface area contributed by atoms with Crippen molar-refractivity contribution in [2.24, 2.45) is 0 Å². The summed E-state index contributed by atoms with van der Waals surface area (Å²) in [4.78, 5) is 20.2. The molecule has 0 saturated carbocycles. The van der Waals surface area contributed by atoms with Crippen LogP contribution >= 0.6 is 11.3 Å². The van der Waals surface area contributed by atoms with Crippen molar-refractivity contribution in [2.45, 2.75) is 58.8 Å². The lowest BCUT2D eigenvalue weighted by molar-refractivity contribution is -0.121. The second kappa shape index (κ2) is 9.26. The Labute approximate surface area is 138 Å². The van der Waals surface area contributed by atoms with Crippen LogP contribution in [0.15, 0.2) is 0 Å². The van der Waals surface area contributed by atoms with Crippen LogP contribution in [-0.2, 0) is 11.2 Å². The molecule has 0 atom stereocenters. The molecule has 1 saturated heterocycles. The van der Waals surface area contributed by atoms with E-state index < -0.39 is 0 Å². The minimum Gasteiger partial charge on any atom is -0.356 e. The summed E-state index contributed by atoms with van der Waals surface area (Å²) < 4.78 is 0. The molecule has 5 heteroatoms. The smallest absolute Gasteiger partial charge is 0.221 e. The van der Waals surface area contributed by atoms with Crippen LogP contribution in [-0.4, -0.2) is 42.0 Å². The lowest BCUT2D eigenvalue weighted by Gasteiger charge is -2.24. The van der Waals surface area contributed by atoms with E-state index in [1.165, 1.54) is 37.0 Å². The van der Waals surface area contributed by atoms with Crippen molar-refractivity contribution in [1.82, 2.24) is 15.2 Å². The maximum Gasteiger partial charge on any atom is 0.221 e. The predicted molar refractivity (Wildman–Crippen MR) is 92.4 cm³/mol. The van der Waals surface area contributed by atoms with Crippen molar-refractivity contribution < 1.29 is 4.79 Å². The van der Waals surface area contributed by atoms with Crippen LogP contribution in [0.25, 0.3) is 0 Å². The fourth-order valence-corrected chi connectivity index (χ4v) is 3.77. The summed E-state index contributed by atoms with van der Waals surface area (Å²) in [5.74, 6) is 0.173. The molecule has 2 rings (SSSR count). The van der Waals surface area contributed by atoms with Crippen molar-refractivity contribution in [3.63, 3.8) is 0 Å². The molecule has 1 N–H and O–H groups in total. The van der Waals surface area contributed by atoms with Crippen LogP contribution in [0.1, 0.15) is 54.1 Å². The van der Waals surface area contributed by atoms with E-state index in [0.29, 0.717) is 13.0 Å². The molecule has 1 fully saturated rings. The van der Waals surface area contributed by atoms with Crippen LogP contribution in [0, 0.1) is 13.8 Å². The average molecular weight is 324 g/mol. The summed E-state index contributed by atoms with van der Waals surface area (Å²) in [6.07, 6.45) is 8.09. The molecule has 0 aliphatic carbocycles. The number of thiazole rings is 1. The van der Waals surface area contributed by atoms with Gasteiger partial charge >= 0.3 is 0 Å². The van der Waals surface area contributed by atoms with Gasteiger partial charge in [-0.3, -0.25) is 4.79 Å². The Morgan fingerprint density at radius 1 is 1.18 bits per heavy atom. The first-order valence-corrected chi connectivity index (χ1v) is 9.39.